The van der Waals surface area contributed by atoms with Crippen LogP contribution in [0.3, 0.4) is 0 Å². The van der Waals surface area contributed by atoms with E-state index < -0.39 is 5.60 Å². The van der Waals surface area contributed by atoms with Crippen LogP contribution in [0.25, 0.3) is 11.0 Å². The molecule has 1 atom stereocenters. The van der Waals surface area contributed by atoms with Crippen LogP contribution >= 0.6 is 27.7 Å². The van der Waals surface area contributed by atoms with Crippen LogP contribution in [0.4, 0.5) is 4.79 Å². The van der Waals surface area contributed by atoms with E-state index in [0.29, 0.717) is 0 Å². The van der Waals surface area contributed by atoms with E-state index in [4.69, 9.17) is 4.74 Å². The Morgan fingerprint density at radius 1 is 1.46 bits per heavy atom. The molecule has 2 rings (SSSR count). The highest BCUT2D eigenvalue weighted by atomic mass is 79.9. The van der Waals surface area contributed by atoms with Gasteiger partial charge < -0.3 is 10.1 Å². The number of fused-ring (bicyclic) bond motifs is 1. The summed E-state index contributed by atoms with van der Waals surface area (Å²) in [7, 11) is 1.88. The number of nitrogens with one attached hydrogen (secondary N) is 1. The fraction of sp³-hybridized carbons (Fsp3) is 0.562. The summed E-state index contributed by atoms with van der Waals surface area (Å²) >= 11 is 5.30. The number of alkyl carbamates (subject to hydrolysis) is 1. The van der Waals surface area contributed by atoms with Crippen molar-refractivity contribution in [1.82, 2.24) is 20.3 Å². The molecule has 0 aliphatic rings. The van der Waals surface area contributed by atoms with Gasteiger partial charge in [0.15, 0.2) is 0 Å². The van der Waals surface area contributed by atoms with Gasteiger partial charge in [-0.1, -0.05) is 5.21 Å². The first-order chi connectivity index (χ1) is 11.2. The molecule has 1 aromatic carbocycles. The van der Waals surface area contributed by atoms with E-state index in [-0.39, 0.29) is 12.1 Å². The molecule has 1 amide bonds. The fourth-order valence-electron chi connectivity index (χ4n) is 2.13. The Balaban J connectivity index is 1.85. The van der Waals surface area contributed by atoms with E-state index in [9.17, 15) is 4.79 Å². The lowest BCUT2D eigenvalue weighted by molar-refractivity contribution is 0.0513. The van der Waals surface area contributed by atoms with Gasteiger partial charge in [-0.3, -0.25) is 0 Å². The molecule has 8 heteroatoms. The number of aryl methyl sites for hydroxylation is 1. The highest BCUT2D eigenvalue weighted by Crippen LogP contribution is 2.25. The Kier molecular flexibility index (Phi) is 6.14. The van der Waals surface area contributed by atoms with Crippen LogP contribution in [0.15, 0.2) is 16.6 Å². The molecule has 0 unspecified atom stereocenters. The summed E-state index contributed by atoms with van der Waals surface area (Å²) in [5.41, 5.74) is 2.58. The molecule has 0 bridgehead atoms. The predicted octanol–water partition coefficient (Wildman–Crippen LogP) is 3.88. The van der Waals surface area contributed by atoms with Crippen LogP contribution in [-0.4, -0.2) is 38.5 Å². The van der Waals surface area contributed by atoms with Crippen LogP contribution in [-0.2, 0) is 17.5 Å². The Hall–Kier alpha value is -1.28. The predicted molar refractivity (Wildman–Crippen MR) is 101 cm³/mol. The van der Waals surface area contributed by atoms with Crippen molar-refractivity contribution >= 4 is 44.8 Å². The Bertz CT molecular complexity index is 727. The third-order valence-corrected chi connectivity index (χ3v) is 5.01. The number of amides is 1. The minimum atomic E-state index is -0.476. The minimum absolute atomic E-state index is 0.0374. The number of carbonyl (C=O) groups is 1. The maximum Gasteiger partial charge on any atom is 0.407 e. The molecule has 1 aromatic heterocycles. The van der Waals surface area contributed by atoms with Crippen molar-refractivity contribution in [1.29, 1.82) is 0 Å². The molecule has 24 heavy (non-hydrogen) atoms. The Morgan fingerprint density at radius 2 is 2.17 bits per heavy atom. The molecule has 6 nitrogen and oxygen atoms in total. The molecule has 0 aliphatic carbocycles. The van der Waals surface area contributed by atoms with Crippen LogP contribution in [0.2, 0.25) is 0 Å². The van der Waals surface area contributed by atoms with Gasteiger partial charge in [-0.05, 0) is 61.3 Å². The van der Waals surface area contributed by atoms with Crippen molar-refractivity contribution in [2.24, 2.45) is 7.05 Å². The number of hydrogen-bond donors (Lipinski definition) is 1. The zero-order valence-electron chi connectivity index (χ0n) is 14.6. The lowest BCUT2D eigenvalue weighted by Crippen LogP contribution is -2.38. The van der Waals surface area contributed by atoms with E-state index in [0.717, 1.165) is 27.0 Å². The molecule has 1 N–H and O–H groups in total. The molecule has 0 saturated heterocycles. The SMILES string of the molecule is C[C@H](CSCc1cc(Br)c2nnn(C)c2c1)NC(=O)OC(C)(C)C. The average molecular weight is 415 g/mol. The standard InChI is InChI=1S/C16H23BrN4O2S/c1-10(18-15(22)23-16(2,3)4)8-24-9-11-6-12(17)14-13(7-11)21(5)20-19-14/h6-7,10H,8-9H2,1-5H3,(H,18,22)/t10-/m1/s1. The minimum Gasteiger partial charge on any atom is -0.444 e. The summed E-state index contributed by atoms with van der Waals surface area (Å²) in [6.07, 6.45) is -0.374. The van der Waals surface area contributed by atoms with Crippen LogP contribution < -0.4 is 5.32 Å². The summed E-state index contributed by atoms with van der Waals surface area (Å²) in [5.74, 6) is 1.65. The summed E-state index contributed by atoms with van der Waals surface area (Å²) in [5, 5.41) is 11.0. The van der Waals surface area contributed by atoms with Gasteiger partial charge in [0.2, 0.25) is 0 Å². The third kappa shape index (κ3) is 5.37. The quantitative estimate of drug-likeness (QED) is 0.803. The maximum absolute atomic E-state index is 11.7. The Labute approximate surface area is 154 Å². The second kappa shape index (κ2) is 7.74. The third-order valence-electron chi connectivity index (χ3n) is 3.13. The summed E-state index contributed by atoms with van der Waals surface area (Å²) < 4.78 is 7.97. The summed E-state index contributed by atoms with van der Waals surface area (Å²) in [6.45, 7) is 7.54. The van der Waals surface area contributed by atoms with Gasteiger partial charge in [0.05, 0.1) is 5.52 Å². The number of ether oxygens (including phenoxy) is 1. The molecule has 0 spiro atoms. The fourth-order valence-corrected chi connectivity index (χ4v) is 3.67. The average Bonchev–Trinajstić information content (AvgIpc) is 2.79. The molecule has 0 fully saturated rings. The second-order valence-electron chi connectivity index (χ2n) is 6.72. The summed E-state index contributed by atoms with van der Waals surface area (Å²) in [6, 6.07) is 4.20. The van der Waals surface area contributed by atoms with Gasteiger partial charge in [0.25, 0.3) is 0 Å². The number of halogens is 1. The van der Waals surface area contributed by atoms with E-state index in [1.807, 2.05) is 34.7 Å². The normalized spacial score (nSPS) is 13.1. The van der Waals surface area contributed by atoms with Crippen molar-refractivity contribution in [3.8, 4) is 0 Å². The smallest absolute Gasteiger partial charge is 0.407 e. The molecule has 132 valence electrons. The maximum atomic E-state index is 11.7. The lowest BCUT2D eigenvalue weighted by Gasteiger charge is -2.21. The van der Waals surface area contributed by atoms with Gasteiger partial charge in [0.1, 0.15) is 11.1 Å². The van der Waals surface area contributed by atoms with Crippen LogP contribution in [0, 0.1) is 0 Å². The zero-order valence-corrected chi connectivity index (χ0v) is 17.0. The molecular weight excluding hydrogens is 392 g/mol. The van der Waals surface area contributed by atoms with Crippen molar-refractivity contribution in [2.45, 2.75) is 45.1 Å². The lowest BCUT2D eigenvalue weighted by atomic mass is 10.2. The first-order valence-corrected chi connectivity index (χ1v) is 9.65. The largest absolute Gasteiger partial charge is 0.444 e. The molecule has 0 radical (unpaired) electrons. The monoisotopic (exact) mass is 414 g/mol. The highest BCUT2D eigenvalue weighted by molar-refractivity contribution is 9.10. The molecule has 0 saturated carbocycles. The van der Waals surface area contributed by atoms with Crippen LogP contribution in [0.5, 0.6) is 0 Å². The van der Waals surface area contributed by atoms with Crippen molar-refractivity contribution in [2.75, 3.05) is 5.75 Å². The number of aromatic nitrogens is 3. The number of thioether (sulfide) groups is 1. The second-order valence-corrected chi connectivity index (χ2v) is 8.61. The molecule has 2 aromatic rings. The topological polar surface area (TPSA) is 69.0 Å². The van der Waals surface area contributed by atoms with Crippen molar-refractivity contribution in [3.63, 3.8) is 0 Å². The number of hydrogen-bond acceptors (Lipinski definition) is 5. The van der Waals surface area contributed by atoms with Crippen molar-refractivity contribution < 1.29 is 9.53 Å². The van der Waals surface area contributed by atoms with E-state index in [2.05, 4.69) is 43.7 Å². The van der Waals surface area contributed by atoms with Crippen LogP contribution in [0.1, 0.15) is 33.3 Å². The van der Waals surface area contributed by atoms with Gasteiger partial charge in [0, 0.05) is 29.1 Å². The van der Waals surface area contributed by atoms with E-state index in [1.165, 1.54) is 5.56 Å². The van der Waals surface area contributed by atoms with Gasteiger partial charge >= 0.3 is 6.09 Å². The first kappa shape index (κ1) is 19.1. The van der Waals surface area contributed by atoms with Gasteiger partial charge in [-0.2, -0.15) is 11.8 Å². The van der Waals surface area contributed by atoms with Gasteiger partial charge in [-0.15, -0.1) is 5.10 Å². The zero-order chi connectivity index (χ0) is 17.9. The molecular formula is C16H23BrN4O2S. The van der Waals surface area contributed by atoms with Gasteiger partial charge in [-0.25, -0.2) is 9.48 Å². The highest BCUT2D eigenvalue weighted by Gasteiger charge is 2.17. The van der Waals surface area contributed by atoms with Crippen molar-refractivity contribution in [3.05, 3.63) is 22.2 Å². The number of benzene rings is 1. The number of nitrogens with zero attached hydrogens (tertiary/aromatic N) is 3. The molecule has 1 heterocycles. The molecule has 0 aliphatic heterocycles. The Morgan fingerprint density at radius 3 is 2.83 bits per heavy atom. The number of rotatable bonds is 5. The van der Waals surface area contributed by atoms with E-state index in [1.54, 1.807) is 16.4 Å². The van der Waals surface area contributed by atoms with E-state index >= 15 is 0 Å². The number of carbonyl (C=O) groups excluding carboxylic acids is 1. The summed E-state index contributed by atoms with van der Waals surface area (Å²) in [4.78, 5) is 11.7. The first-order valence-electron chi connectivity index (χ1n) is 7.71.